The number of amides is 2. The molecule has 13 heteroatoms. The van der Waals surface area contributed by atoms with E-state index in [1.807, 2.05) is 4.98 Å². The summed E-state index contributed by atoms with van der Waals surface area (Å²) in [4.78, 5) is 51.6. The van der Waals surface area contributed by atoms with Crippen molar-refractivity contribution >= 4 is 39.6 Å². The third-order valence-electron chi connectivity index (χ3n) is 3.95. The number of hydrogen-bond acceptors (Lipinski definition) is 7. The molecule has 0 radical (unpaired) electrons. The molecule has 31 heavy (non-hydrogen) atoms. The second kappa shape index (κ2) is 8.62. The zero-order chi connectivity index (χ0) is 22.7. The Balaban J connectivity index is 1.90. The van der Waals surface area contributed by atoms with E-state index in [4.69, 9.17) is 0 Å². The van der Waals surface area contributed by atoms with Crippen LogP contribution in [0.5, 0.6) is 11.6 Å². The normalized spacial score (nSPS) is 10.9. The quantitative estimate of drug-likeness (QED) is 0.187. The molecule has 3 aromatic rings. The zero-order valence-corrected chi connectivity index (χ0v) is 16.9. The number of aromatic nitrogens is 2. The lowest BCUT2D eigenvalue weighted by Crippen LogP contribution is -2.31. The third kappa shape index (κ3) is 4.67. The molecular weight excluding hydrogens is 478 g/mol. The van der Waals surface area contributed by atoms with Crippen LogP contribution in [0, 0.1) is 10.1 Å². The molecule has 2 amide bonds. The number of H-pyrrole nitrogens is 1. The number of carbonyl (C=O) groups excluding carboxylic acids is 1. The topological polar surface area (TPSA) is 180 Å². The molecule has 0 bridgehead atoms. The molecule has 12 nitrogen and oxygen atoms in total. The van der Waals surface area contributed by atoms with Gasteiger partial charge in [0.25, 0.3) is 11.2 Å². The molecule has 0 saturated heterocycles. The molecule has 0 atom stereocenters. The minimum Gasteiger partial charge on any atom is -0.506 e. The van der Waals surface area contributed by atoms with Crippen molar-refractivity contribution in [1.82, 2.24) is 9.55 Å². The summed E-state index contributed by atoms with van der Waals surface area (Å²) in [6.45, 7) is 0. The van der Waals surface area contributed by atoms with E-state index >= 15 is 0 Å². The molecule has 0 aliphatic heterocycles. The molecule has 0 fully saturated rings. The number of anilines is 1. The van der Waals surface area contributed by atoms with Crippen LogP contribution in [0.1, 0.15) is 5.56 Å². The van der Waals surface area contributed by atoms with Crippen LogP contribution in [0.4, 0.5) is 16.2 Å². The van der Waals surface area contributed by atoms with Crippen LogP contribution in [-0.4, -0.2) is 36.9 Å². The predicted octanol–water partition coefficient (Wildman–Crippen LogP) is 2.26. The van der Waals surface area contributed by atoms with Crippen molar-refractivity contribution < 1.29 is 19.9 Å². The van der Waals surface area contributed by atoms with Gasteiger partial charge in [-0.1, -0.05) is 15.9 Å². The summed E-state index contributed by atoms with van der Waals surface area (Å²) in [5, 5.41) is 33.0. The Morgan fingerprint density at radius 3 is 2.48 bits per heavy atom. The average molecular weight is 490 g/mol. The van der Waals surface area contributed by atoms with Gasteiger partial charge in [-0.05, 0) is 30.3 Å². The van der Waals surface area contributed by atoms with Gasteiger partial charge in [0.15, 0.2) is 0 Å². The van der Waals surface area contributed by atoms with Gasteiger partial charge in [-0.2, -0.15) is 0 Å². The first kappa shape index (κ1) is 21.4. The fourth-order valence-corrected chi connectivity index (χ4v) is 2.76. The Morgan fingerprint density at radius 1 is 1.19 bits per heavy atom. The predicted molar refractivity (Wildman–Crippen MR) is 113 cm³/mol. The van der Waals surface area contributed by atoms with Gasteiger partial charge in [-0.15, -0.1) is 0 Å². The van der Waals surface area contributed by atoms with E-state index in [0.717, 1.165) is 33.5 Å². The monoisotopic (exact) mass is 489 g/mol. The van der Waals surface area contributed by atoms with Crippen LogP contribution in [0.25, 0.3) is 5.69 Å². The summed E-state index contributed by atoms with van der Waals surface area (Å²) in [6.07, 6.45) is 0.737. The van der Waals surface area contributed by atoms with Gasteiger partial charge in [-0.3, -0.25) is 19.9 Å². The van der Waals surface area contributed by atoms with Crippen LogP contribution in [-0.2, 0) is 0 Å². The van der Waals surface area contributed by atoms with Gasteiger partial charge in [0.2, 0.25) is 5.88 Å². The first-order valence-corrected chi connectivity index (χ1v) is 9.13. The van der Waals surface area contributed by atoms with Crippen molar-refractivity contribution in [3.63, 3.8) is 0 Å². The van der Waals surface area contributed by atoms with Gasteiger partial charge in [-0.25, -0.2) is 19.1 Å². The molecule has 4 N–H and O–H groups in total. The highest BCUT2D eigenvalue weighted by Crippen LogP contribution is 2.28. The summed E-state index contributed by atoms with van der Waals surface area (Å²) in [5.41, 5.74) is -2.65. The smallest absolute Gasteiger partial charge is 0.345 e. The summed E-state index contributed by atoms with van der Waals surface area (Å²) in [5.74, 6) is -1.31. The molecule has 0 aliphatic carbocycles. The lowest BCUT2D eigenvalue weighted by molar-refractivity contribution is -0.384. The van der Waals surface area contributed by atoms with E-state index < -0.39 is 39.4 Å². The lowest BCUT2D eigenvalue weighted by Gasteiger charge is -2.09. The summed E-state index contributed by atoms with van der Waals surface area (Å²) < 4.78 is 1.54. The van der Waals surface area contributed by atoms with Crippen LogP contribution in [0.2, 0.25) is 0 Å². The maximum absolute atomic E-state index is 12.1. The maximum Gasteiger partial charge on any atom is 0.345 e. The molecule has 158 valence electrons. The summed E-state index contributed by atoms with van der Waals surface area (Å²) in [6, 6.07) is 8.19. The minimum absolute atomic E-state index is 0.161. The van der Waals surface area contributed by atoms with Crippen LogP contribution < -0.4 is 16.6 Å². The van der Waals surface area contributed by atoms with Crippen molar-refractivity contribution in [1.29, 1.82) is 0 Å². The average Bonchev–Trinajstić information content (AvgIpc) is 2.70. The number of rotatable bonds is 4. The van der Waals surface area contributed by atoms with Crippen molar-refractivity contribution in [3.05, 3.63) is 83.5 Å². The number of carbonyl (C=O) groups is 1. The molecule has 0 aliphatic rings. The minimum atomic E-state index is -1.05. The Hall–Kier alpha value is -4.26. The SMILES string of the molecule is O=C(N=Cc1c(O)n(-c2ccc(Br)cc2)c(=O)[nH]c1=O)Nc1ccc([N+](=O)[O-])cc1O. The Kier molecular flexibility index (Phi) is 5.97. The molecule has 0 spiro atoms. The summed E-state index contributed by atoms with van der Waals surface area (Å²) in [7, 11) is 0. The van der Waals surface area contributed by atoms with Crippen LogP contribution in [0.15, 0.2) is 61.5 Å². The fourth-order valence-electron chi connectivity index (χ4n) is 2.49. The number of nitrogens with zero attached hydrogens (tertiary/aromatic N) is 3. The Bertz CT molecular complexity index is 1330. The second-order valence-corrected chi connectivity index (χ2v) is 6.87. The van der Waals surface area contributed by atoms with E-state index in [0.29, 0.717) is 0 Å². The van der Waals surface area contributed by atoms with Gasteiger partial charge < -0.3 is 15.5 Å². The highest BCUT2D eigenvalue weighted by atomic mass is 79.9. The fraction of sp³-hybridized carbons (Fsp3) is 0. The number of phenols is 1. The van der Waals surface area contributed by atoms with Crippen molar-refractivity contribution in [3.8, 4) is 17.3 Å². The van der Waals surface area contributed by atoms with E-state index in [1.165, 1.54) is 12.1 Å². The first-order chi connectivity index (χ1) is 14.7. The number of nitro groups is 1. The number of nitrogens with one attached hydrogen (secondary N) is 2. The van der Waals surface area contributed by atoms with Gasteiger partial charge >= 0.3 is 11.7 Å². The molecule has 1 heterocycles. The van der Waals surface area contributed by atoms with Crippen LogP contribution >= 0.6 is 15.9 Å². The molecule has 3 rings (SSSR count). The lowest BCUT2D eigenvalue weighted by atomic mass is 10.2. The van der Waals surface area contributed by atoms with Crippen molar-refractivity contribution in [2.45, 2.75) is 0 Å². The Morgan fingerprint density at radius 2 is 1.87 bits per heavy atom. The zero-order valence-electron chi connectivity index (χ0n) is 15.3. The third-order valence-corrected chi connectivity index (χ3v) is 4.48. The molecule has 1 aromatic heterocycles. The number of nitro benzene ring substituents is 1. The number of hydrogen-bond donors (Lipinski definition) is 4. The Labute approximate surface area is 180 Å². The number of aliphatic imine (C=N–C) groups is 1. The van der Waals surface area contributed by atoms with E-state index in [9.17, 15) is 34.7 Å². The number of benzene rings is 2. The number of aromatic amines is 1. The van der Waals surface area contributed by atoms with E-state index in [1.54, 1.807) is 12.1 Å². The van der Waals surface area contributed by atoms with Crippen LogP contribution in [0.3, 0.4) is 0 Å². The summed E-state index contributed by atoms with van der Waals surface area (Å²) >= 11 is 3.24. The number of non-ortho nitro benzene ring substituents is 1. The number of halogens is 1. The first-order valence-electron chi connectivity index (χ1n) is 8.34. The van der Waals surface area contributed by atoms with Crippen molar-refractivity contribution in [2.24, 2.45) is 4.99 Å². The van der Waals surface area contributed by atoms with Crippen molar-refractivity contribution in [2.75, 3.05) is 5.32 Å². The van der Waals surface area contributed by atoms with Gasteiger partial charge in [0.1, 0.15) is 11.3 Å². The second-order valence-electron chi connectivity index (χ2n) is 5.96. The largest absolute Gasteiger partial charge is 0.506 e. The maximum atomic E-state index is 12.1. The highest BCUT2D eigenvalue weighted by molar-refractivity contribution is 9.10. The van der Waals surface area contributed by atoms with Gasteiger partial charge in [0.05, 0.1) is 28.6 Å². The molecule has 0 saturated carbocycles. The molecule has 0 unspecified atom stereocenters. The van der Waals surface area contributed by atoms with E-state index in [-0.39, 0.29) is 17.1 Å². The number of phenolic OH excluding ortho intramolecular Hbond substituents is 1. The number of urea groups is 1. The highest BCUT2D eigenvalue weighted by Gasteiger charge is 2.15. The van der Waals surface area contributed by atoms with Gasteiger partial charge in [0, 0.05) is 10.5 Å². The molecular formula is C18H12BrN5O7. The number of aromatic hydroxyl groups is 2. The van der Waals surface area contributed by atoms with E-state index in [2.05, 4.69) is 26.2 Å². The molecule has 2 aromatic carbocycles. The standard InChI is InChI=1S/C18H12BrN5O7/c19-9-1-3-10(4-2-9)23-16(27)12(15(26)22-18(23)29)8-20-17(28)21-13-6-5-11(24(30)31)7-14(13)25/h1-8,25,27H,(H,21,28)(H,22,26,29).